The first-order chi connectivity index (χ1) is 16.5. The van der Waals surface area contributed by atoms with Crippen LogP contribution >= 0.6 is 0 Å². The molecule has 0 aromatic heterocycles. The Morgan fingerprint density at radius 1 is 0.824 bits per heavy atom. The minimum Gasteiger partial charge on any atom is -0.497 e. The van der Waals surface area contributed by atoms with E-state index in [-0.39, 0.29) is 5.75 Å². The molecule has 2 aliphatic heterocycles. The zero-order valence-electron chi connectivity index (χ0n) is 18.0. The predicted octanol–water partition coefficient (Wildman–Crippen LogP) is 4.35. The van der Waals surface area contributed by atoms with E-state index >= 15 is 0 Å². The average molecular weight is 466 g/mol. The minimum atomic E-state index is -2.95. The molecule has 0 bridgehead atoms. The number of hydrogen-bond acceptors (Lipinski definition) is 6. The number of rotatable bonds is 6. The van der Waals surface area contributed by atoms with Crippen molar-refractivity contribution in [3.63, 3.8) is 0 Å². The molecular formula is C25H20F2N2O5. The van der Waals surface area contributed by atoms with Crippen LogP contribution in [0.25, 0.3) is 0 Å². The number of methoxy groups -OCH3 is 1. The van der Waals surface area contributed by atoms with Crippen molar-refractivity contribution in [2.75, 3.05) is 17.1 Å². The van der Waals surface area contributed by atoms with Crippen molar-refractivity contribution in [3.8, 4) is 11.5 Å². The summed E-state index contributed by atoms with van der Waals surface area (Å²) in [4.78, 5) is 34.1. The van der Waals surface area contributed by atoms with Gasteiger partial charge in [-0.2, -0.15) is 8.78 Å². The third-order valence-corrected chi connectivity index (χ3v) is 5.90. The number of benzene rings is 3. The van der Waals surface area contributed by atoms with E-state index in [9.17, 15) is 18.4 Å². The summed E-state index contributed by atoms with van der Waals surface area (Å²) in [7, 11) is 1.53. The van der Waals surface area contributed by atoms with Crippen LogP contribution in [0.1, 0.15) is 11.6 Å². The lowest BCUT2D eigenvalue weighted by atomic mass is 9.90. The summed E-state index contributed by atoms with van der Waals surface area (Å²) in [6, 6.07) is 21.0. The summed E-state index contributed by atoms with van der Waals surface area (Å²) >= 11 is 0. The van der Waals surface area contributed by atoms with E-state index in [1.54, 1.807) is 53.6 Å². The monoisotopic (exact) mass is 466 g/mol. The largest absolute Gasteiger partial charge is 0.497 e. The van der Waals surface area contributed by atoms with Crippen LogP contribution in [0.15, 0.2) is 78.9 Å². The second-order valence-corrected chi connectivity index (χ2v) is 7.82. The molecule has 0 saturated carbocycles. The molecule has 3 atom stereocenters. The number of halogens is 2. The van der Waals surface area contributed by atoms with Crippen LogP contribution in [0.5, 0.6) is 11.5 Å². The fraction of sp³-hybridized carbons (Fsp3) is 0.200. The molecule has 3 aromatic rings. The molecule has 0 aliphatic carbocycles. The second-order valence-electron chi connectivity index (χ2n) is 7.82. The first kappa shape index (κ1) is 21.8. The van der Waals surface area contributed by atoms with Crippen LogP contribution in [0.4, 0.5) is 20.2 Å². The highest BCUT2D eigenvalue weighted by molar-refractivity contribution is 6.23. The fourth-order valence-corrected chi connectivity index (χ4v) is 4.38. The predicted molar refractivity (Wildman–Crippen MR) is 119 cm³/mol. The van der Waals surface area contributed by atoms with E-state index in [0.29, 0.717) is 22.7 Å². The molecule has 0 N–H and O–H groups in total. The van der Waals surface area contributed by atoms with Crippen molar-refractivity contribution in [2.24, 2.45) is 5.92 Å². The number of carbonyl (C=O) groups excluding carboxylic acids is 2. The maximum Gasteiger partial charge on any atom is 0.387 e. The van der Waals surface area contributed by atoms with Gasteiger partial charge in [0.15, 0.2) is 6.10 Å². The summed E-state index contributed by atoms with van der Waals surface area (Å²) in [6.45, 7) is -2.95. The molecule has 0 unspecified atom stereocenters. The van der Waals surface area contributed by atoms with Crippen LogP contribution in [0.3, 0.4) is 0 Å². The molecule has 3 aromatic carbocycles. The molecule has 34 heavy (non-hydrogen) atoms. The van der Waals surface area contributed by atoms with Gasteiger partial charge in [0.2, 0.25) is 5.91 Å². The number of anilines is 2. The molecule has 2 aliphatic rings. The number of para-hydroxylation sites is 1. The Bertz CT molecular complexity index is 1190. The smallest absolute Gasteiger partial charge is 0.387 e. The van der Waals surface area contributed by atoms with E-state index in [4.69, 9.17) is 9.57 Å². The second kappa shape index (κ2) is 8.75. The van der Waals surface area contributed by atoms with Gasteiger partial charge in [0.05, 0.1) is 24.5 Å². The summed E-state index contributed by atoms with van der Waals surface area (Å²) in [5, 5.41) is 1.54. The molecule has 2 fully saturated rings. The molecule has 2 heterocycles. The number of carbonyl (C=O) groups is 2. The number of ether oxygens (including phenoxy) is 2. The van der Waals surface area contributed by atoms with Gasteiger partial charge in [-0.3, -0.25) is 14.4 Å². The molecule has 0 radical (unpaired) electrons. The summed E-state index contributed by atoms with van der Waals surface area (Å²) in [5.41, 5.74) is 1.70. The van der Waals surface area contributed by atoms with Crippen LogP contribution in [0.2, 0.25) is 0 Å². The van der Waals surface area contributed by atoms with Gasteiger partial charge in [-0.05, 0) is 54.1 Å². The third kappa shape index (κ3) is 3.73. The maximum atomic E-state index is 13.6. The van der Waals surface area contributed by atoms with E-state index in [1.165, 1.54) is 19.2 Å². The molecule has 174 valence electrons. The fourth-order valence-electron chi connectivity index (χ4n) is 4.38. The van der Waals surface area contributed by atoms with E-state index in [0.717, 1.165) is 4.90 Å². The van der Waals surface area contributed by atoms with Gasteiger partial charge in [0.1, 0.15) is 17.4 Å². The van der Waals surface area contributed by atoms with Crippen molar-refractivity contribution in [3.05, 3.63) is 84.4 Å². The Kier molecular flexibility index (Phi) is 5.62. The lowest BCUT2D eigenvalue weighted by Crippen LogP contribution is -2.37. The normalized spacial score (nSPS) is 21.8. The number of hydrogen-bond donors (Lipinski definition) is 0. The first-order valence-corrected chi connectivity index (χ1v) is 10.6. The van der Waals surface area contributed by atoms with Crippen molar-refractivity contribution < 1.29 is 32.7 Å². The van der Waals surface area contributed by atoms with Gasteiger partial charge in [0, 0.05) is 0 Å². The lowest BCUT2D eigenvalue weighted by Gasteiger charge is -2.28. The Labute approximate surface area is 194 Å². The van der Waals surface area contributed by atoms with Crippen molar-refractivity contribution in [1.29, 1.82) is 0 Å². The zero-order valence-corrected chi connectivity index (χ0v) is 18.0. The summed E-state index contributed by atoms with van der Waals surface area (Å²) < 4.78 is 34.8. The van der Waals surface area contributed by atoms with E-state index in [2.05, 4.69) is 4.74 Å². The van der Waals surface area contributed by atoms with Crippen LogP contribution < -0.4 is 19.4 Å². The van der Waals surface area contributed by atoms with Crippen LogP contribution in [-0.4, -0.2) is 31.6 Å². The SMILES string of the molecule is COc1ccc(N2C(=O)[C@@H]3[C@H](ON(c4ccccc4)[C@H]3c3ccc(OC(F)F)cc3)C2=O)cc1. The number of nitrogens with zero attached hydrogens (tertiary/aromatic N) is 2. The number of imide groups is 1. The minimum absolute atomic E-state index is 0.00541. The average Bonchev–Trinajstić information content (AvgIpc) is 3.36. The number of alkyl halides is 2. The van der Waals surface area contributed by atoms with Crippen LogP contribution in [-0.2, 0) is 14.4 Å². The summed E-state index contributed by atoms with van der Waals surface area (Å²) in [5.74, 6) is -1.12. The Morgan fingerprint density at radius 3 is 2.09 bits per heavy atom. The molecular weight excluding hydrogens is 446 g/mol. The van der Waals surface area contributed by atoms with Gasteiger partial charge in [-0.25, -0.2) is 9.96 Å². The molecule has 0 spiro atoms. The van der Waals surface area contributed by atoms with E-state index < -0.39 is 36.5 Å². The Hall–Kier alpha value is -3.98. The highest BCUT2D eigenvalue weighted by atomic mass is 19.3. The van der Waals surface area contributed by atoms with Crippen molar-refractivity contribution in [1.82, 2.24) is 0 Å². The van der Waals surface area contributed by atoms with Gasteiger partial charge in [0.25, 0.3) is 5.91 Å². The van der Waals surface area contributed by atoms with Gasteiger partial charge >= 0.3 is 6.61 Å². The lowest BCUT2D eigenvalue weighted by molar-refractivity contribution is -0.126. The van der Waals surface area contributed by atoms with Crippen molar-refractivity contribution in [2.45, 2.75) is 18.8 Å². The topological polar surface area (TPSA) is 68.3 Å². The first-order valence-electron chi connectivity index (χ1n) is 10.6. The highest BCUT2D eigenvalue weighted by Crippen LogP contribution is 2.47. The molecule has 2 amide bonds. The number of fused-ring (bicyclic) bond motifs is 1. The van der Waals surface area contributed by atoms with Gasteiger partial charge in [-0.15, -0.1) is 0 Å². The maximum absolute atomic E-state index is 13.6. The Morgan fingerprint density at radius 2 is 1.47 bits per heavy atom. The molecule has 5 rings (SSSR count). The van der Waals surface area contributed by atoms with Crippen LogP contribution in [0, 0.1) is 5.92 Å². The molecule has 9 heteroatoms. The highest BCUT2D eigenvalue weighted by Gasteiger charge is 2.60. The zero-order chi connectivity index (χ0) is 23.8. The van der Waals surface area contributed by atoms with Gasteiger partial charge < -0.3 is 9.47 Å². The molecule has 2 saturated heterocycles. The number of amides is 2. The summed E-state index contributed by atoms with van der Waals surface area (Å²) in [6.07, 6.45) is -1.03. The number of hydroxylamine groups is 1. The van der Waals surface area contributed by atoms with Crippen molar-refractivity contribution >= 4 is 23.2 Å². The van der Waals surface area contributed by atoms with Gasteiger partial charge in [-0.1, -0.05) is 30.3 Å². The standard InChI is InChI=1S/C25H20F2N2O5/c1-32-18-13-9-16(10-14-18)28-23(30)20-21(15-7-11-19(12-8-15)33-25(26)27)29(34-22(20)24(28)31)17-5-3-2-4-6-17/h2-14,20-22,25H,1H3/t20-,21-,22-/m0/s1. The Balaban J connectivity index is 1.52. The van der Waals surface area contributed by atoms with E-state index in [1.807, 2.05) is 18.2 Å². The third-order valence-electron chi connectivity index (χ3n) is 5.90. The quantitative estimate of drug-likeness (QED) is 0.504. The molecule has 7 nitrogen and oxygen atoms in total.